The number of urea groups is 1. The number of benzene rings is 2. The molecule has 2 amide bonds. The van der Waals surface area contributed by atoms with Crippen molar-refractivity contribution in [1.29, 1.82) is 0 Å². The van der Waals surface area contributed by atoms with Crippen molar-refractivity contribution >= 4 is 17.7 Å². The zero-order valence-electron chi connectivity index (χ0n) is 14.6. The van der Waals surface area contributed by atoms with E-state index < -0.39 is 23.7 Å². The summed E-state index contributed by atoms with van der Waals surface area (Å²) >= 11 is 0. The van der Waals surface area contributed by atoms with Crippen molar-refractivity contribution in [3.05, 3.63) is 65.7 Å². The predicted molar refractivity (Wildman–Crippen MR) is 93.9 cm³/mol. The minimum atomic E-state index is -4.50. The van der Waals surface area contributed by atoms with Gasteiger partial charge in [-0.3, -0.25) is 4.79 Å². The molecule has 0 aliphatic heterocycles. The van der Waals surface area contributed by atoms with E-state index in [2.05, 4.69) is 10.1 Å². The van der Waals surface area contributed by atoms with E-state index in [4.69, 9.17) is 0 Å². The Morgan fingerprint density at radius 2 is 1.78 bits per heavy atom. The molecule has 5 nitrogen and oxygen atoms in total. The van der Waals surface area contributed by atoms with Crippen LogP contribution in [0.25, 0.3) is 0 Å². The molecule has 2 aromatic carbocycles. The Kier molecular flexibility index (Phi) is 6.81. The summed E-state index contributed by atoms with van der Waals surface area (Å²) in [6, 6.07) is 12.8. The highest BCUT2D eigenvalue weighted by atomic mass is 19.4. The van der Waals surface area contributed by atoms with Gasteiger partial charge in [0.2, 0.25) is 0 Å². The lowest BCUT2D eigenvalue weighted by Crippen LogP contribution is -2.36. The van der Waals surface area contributed by atoms with Gasteiger partial charge < -0.3 is 15.0 Å². The summed E-state index contributed by atoms with van der Waals surface area (Å²) in [5.41, 5.74) is -0.0167. The number of esters is 1. The van der Waals surface area contributed by atoms with Gasteiger partial charge in [-0.05, 0) is 23.8 Å². The Balaban J connectivity index is 2.13. The summed E-state index contributed by atoms with van der Waals surface area (Å²) in [6.45, 7) is 0.259. The largest absolute Gasteiger partial charge is 0.469 e. The van der Waals surface area contributed by atoms with Crippen LogP contribution < -0.4 is 5.32 Å². The van der Waals surface area contributed by atoms with Crippen molar-refractivity contribution in [2.24, 2.45) is 0 Å². The second-order valence-electron chi connectivity index (χ2n) is 5.74. The third-order valence-corrected chi connectivity index (χ3v) is 3.76. The van der Waals surface area contributed by atoms with Gasteiger partial charge in [-0.1, -0.05) is 36.4 Å². The molecule has 0 radical (unpaired) electrons. The van der Waals surface area contributed by atoms with E-state index in [0.29, 0.717) is 0 Å². The van der Waals surface area contributed by atoms with Crippen molar-refractivity contribution in [3.63, 3.8) is 0 Å². The normalized spacial score (nSPS) is 11.0. The Morgan fingerprint density at radius 1 is 1.07 bits per heavy atom. The van der Waals surface area contributed by atoms with Gasteiger partial charge in [0.1, 0.15) is 0 Å². The molecular weight excluding hydrogens is 361 g/mol. The number of carbonyl (C=O) groups excluding carboxylic acids is 2. The number of alkyl halides is 3. The van der Waals surface area contributed by atoms with Crippen LogP contribution in [0.3, 0.4) is 0 Å². The van der Waals surface area contributed by atoms with Crippen LogP contribution in [-0.2, 0) is 22.3 Å². The van der Waals surface area contributed by atoms with E-state index in [-0.39, 0.29) is 25.2 Å². The number of amides is 2. The zero-order valence-corrected chi connectivity index (χ0v) is 14.6. The van der Waals surface area contributed by atoms with Crippen LogP contribution >= 0.6 is 0 Å². The zero-order chi connectivity index (χ0) is 19.9. The number of anilines is 1. The molecular formula is C19H19F3N2O3. The van der Waals surface area contributed by atoms with Crippen LogP contribution in [0.15, 0.2) is 54.6 Å². The molecule has 144 valence electrons. The highest BCUT2D eigenvalue weighted by Gasteiger charge is 2.30. The molecule has 0 saturated carbocycles. The molecule has 0 aliphatic carbocycles. The number of ether oxygens (including phenoxy) is 1. The van der Waals surface area contributed by atoms with E-state index in [1.165, 1.54) is 24.1 Å². The average molecular weight is 380 g/mol. The van der Waals surface area contributed by atoms with Gasteiger partial charge in [-0.15, -0.1) is 0 Å². The van der Waals surface area contributed by atoms with Gasteiger partial charge in [0.05, 0.1) is 19.1 Å². The molecule has 0 aliphatic rings. The number of hydrogen-bond donors (Lipinski definition) is 1. The maximum Gasteiger partial charge on any atom is 0.416 e. The molecule has 8 heteroatoms. The molecule has 2 aromatic rings. The Morgan fingerprint density at radius 3 is 2.41 bits per heavy atom. The lowest BCUT2D eigenvalue weighted by molar-refractivity contribution is -0.141. The summed E-state index contributed by atoms with van der Waals surface area (Å²) in [7, 11) is 1.24. The fourth-order valence-corrected chi connectivity index (χ4v) is 2.36. The first-order chi connectivity index (χ1) is 12.8. The van der Waals surface area contributed by atoms with Crippen molar-refractivity contribution in [1.82, 2.24) is 4.90 Å². The van der Waals surface area contributed by atoms with Crippen LogP contribution in [0.5, 0.6) is 0 Å². The van der Waals surface area contributed by atoms with Gasteiger partial charge in [0.15, 0.2) is 0 Å². The molecule has 0 bridgehead atoms. The first-order valence-electron chi connectivity index (χ1n) is 8.13. The molecule has 0 saturated heterocycles. The number of methoxy groups -OCH3 is 1. The van der Waals surface area contributed by atoms with E-state index in [1.807, 2.05) is 18.2 Å². The smallest absolute Gasteiger partial charge is 0.416 e. The number of nitrogens with zero attached hydrogens (tertiary/aromatic N) is 1. The standard InChI is InChI=1S/C19H19F3N2O3/c1-27-17(25)10-11-24(13-14-6-3-2-4-7-14)18(26)23-16-9-5-8-15(12-16)19(20,21)22/h2-9,12H,10-11,13H2,1H3,(H,23,26). The summed E-state index contributed by atoms with van der Waals surface area (Å²) in [6.07, 6.45) is -4.53. The number of carbonyl (C=O) groups is 2. The number of hydrogen-bond acceptors (Lipinski definition) is 3. The Hall–Kier alpha value is -3.03. The van der Waals surface area contributed by atoms with Gasteiger partial charge in [0.25, 0.3) is 0 Å². The molecule has 2 rings (SSSR count). The number of rotatable bonds is 6. The quantitative estimate of drug-likeness (QED) is 0.760. The molecule has 0 heterocycles. The van der Waals surface area contributed by atoms with E-state index >= 15 is 0 Å². The van der Waals surface area contributed by atoms with Crippen LogP contribution in [0.2, 0.25) is 0 Å². The van der Waals surface area contributed by atoms with Crippen molar-refractivity contribution in [2.45, 2.75) is 19.1 Å². The fraction of sp³-hybridized carbons (Fsp3) is 0.263. The van der Waals surface area contributed by atoms with Gasteiger partial charge in [-0.25, -0.2) is 4.79 Å². The minimum Gasteiger partial charge on any atom is -0.469 e. The molecule has 0 aromatic heterocycles. The highest BCUT2D eigenvalue weighted by Crippen LogP contribution is 2.30. The first kappa shape index (κ1) is 20.3. The minimum absolute atomic E-state index is 0.0194. The Labute approximate surface area is 154 Å². The van der Waals surface area contributed by atoms with E-state index in [0.717, 1.165) is 17.7 Å². The van der Waals surface area contributed by atoms with Crippen LogP contribution in [0.1, 0.15) is 17.5 Å². The van der Waals surface area contributed by atoms with Gasteiger partial charge >= 0.3 is 18.2 Å². The molecule has 0 fully saturated rings. The SMILES string of the molecule is COC(=O)CCN(Cc1ccccc1)C(=O)Nc1cccc(C(F)(F)F)c1. The van der Waals surface area contributed by atoms with Crippen molar-refractivity contribution < 1.29 is 27.5 Å². The maximum atomic E-state index is 12.8. The lowest BCUT2D eigenvalue weighted by Gasteiger charge is -2.23. The summed E-state index contributed by atoms with van der Waals surface area (Å²) in [5.74, 6) is -0.486. The number of halogens is 3. The van der Waals surface area contributed by atoms with Crippen LogP contribution in [-0.4, -0.2) is 30.6 Å². The fourth-order valence-electron chi connectivity index (χ4n) is 2.36. The summed E-state index contributed by atoms with van der Waals surface area (Å²) in [5, 5.41) is 2.45. The molecule has 0 spiro atoms. The van der Waals surface area contributed by atoms with E-state index in [1.54, 1.807) is 12.1 Å². The lowest BCUT2D eigenvalue weighted by atomic mass is 10.2. The van der Waals surface area contributed by atoms with Crippen molar-refractivity contribution in [2.75, 3.05) is 19.0 Å². The predicted octanol–water partition coefficient (Wildman–Crippen LogP) is 4.30. The molecule has 0 atom stereocenters. The summed E-state index contributed by atoms with van der Waals surface area (Å²) in [4.78, 5) is 25.3. The molecule has 1 N–H and O–H groups in total. The monoisotopic (exact) mass is 380 g/mol. The second kappa shape index (κ2) is 9.07. The van der Waals surface area contributed by atoms with Crippen LogP contribution in [0, 0.1) is 0 Å². The van der Waals surface area contributed by atoms with Gasteiger partial charge in [-0.2, -0.15) is 13.2 Å². The van der Waals surface area contributed by atoms with Gasteiger partial charge in [0, 0.05) is 18.8 Å². The molecule has 0 unspecified atom stereocenters. The van der Waals surface area contributed by atoms with E-state index in [9.17, 15) is 22.8 Å². The highest BCUT2D eigenvalue weighted by molar-refractivity contribution is 5.89. The third kappa shape index (κ3) is 6.32. The number of nitrogens with one attached hydrogen (secondary N) is 1. The van der Waals surface area contributed by atoms with Crippen molar-refractivity contribution in [3.8, 4) is 0 Å². The van der Waals surface area contributed by atoms with Crippen LogP contribution in [0.4, 0.5) is 23.7 Å². The molecule has 27 heavy (non-hydrogen) atoms. The third-order valence-electron chi connectivity index (χ3n) is 3.76. The topological polar surface area (TPSA) is 58.6 Å². The maximum absolute atomic E-state index is 12.8. The first-order valence-corrected chi connectivity index (χ1v) is 8.13. The Bertz CT molecular complexity index is 779. The average Bonchev–Trinajstić information content (AvgIpc) is 2.65. The summed E-state index contributed by atoms with van der Waals surface area (Å²) < 4.78 is 43.1. The second-order valence-corrected chi connectivity index (χ2v) is 5.74.